The highest BCUT2D eigenvalue weighted by Crippen LogP contribution is 2.46. The molecule has 0 radical (unpaired) electrons. The maximum Gasteiger partial charge on any atom is 0.191 e. The van der Waals surface area contributed by atoms with E-state index >= 15 is 0 Å². The van der Waals surface area contributed by atoms with Crippen molar-refractivity contribution in [3.05, 3.63) is 41.5 Å². The topological polar surface area (TPSA) is 68.3 Å². The molecule has 0 saturated heterocycles. The number of rotatable bonds is 8. The molecule has 1 N–H and O–H groups in total. The number of methoxy groups -OCH3 is 2. The van der Waals surface area contributed by atoms with Gasteiger partial charge in [0.1, 0.15) is 18.1 Å². The van der Waals surface area contributed by atoms with Gasteiger partial charge in [-0.25, -0.2) is 0 Å². The summed E-state index contributed by atoms with van der Waals surface area (Å²) in [7, 11) is 7.27. The molecule has 1 heterocycles. The molecule has 0 aliphatic heterocycles. The number of hydrogen-bond donors (Lipinski definition) is 1. The van der Waals surface area contributed by atoms with Crippen molar-refractivity contribution in [2.24, 2.45) is 5.16 Å². The van der Waals surface area contributed by atoms with Gasteiger partial charge in [0, 0.05) is 34.1 Å². The molecule has 7 nitrogen and oxygen atoms in total. The van der Waals surface area contributed by atoms with E-state index in [4.69, 9.17) is 25.5 Å². The standard InChI is InChI=1S/C26H29N3O4/c1-8-26(2,3)33-28-25-18-15-22(31-7)21(30-6)14-17(18)24-23(25)19-13-16(9-10-20(19)27-24)32-12-11-29(4)5/h1,9-10,13-15,27H,11-12H2,2-7H3. The fourth-order valence-corrected chi connectivity index (χ4v) is 3.75. The first kappa shape index (κ1) is 22.6. The van der Waals surface area contributed by atoms with E-state index in [1.807, 2.05) is 44.4 Å². The van der Waals surface area contributed by atoms with Crippen molar-refractivity contribution in [3.63, 3.8) is 0 Å². The van der Waals surface area contributed by atoms with Gasteiger partial charge in [-0.15, -0.1) is 6.42 Å². The lowest BCUT2D eigenvalue weighted by atomic mass is 10.1. The van der Waals surface area contributed by atoms with Crippen LogP contribution >= 0.6 is 0 Å². The van der Waals surface area contributed by atoms with Crippen LogP contribution in [-0.4, -0.2) is 62.7 Å². The predicted octanol–water partition coefficient (Wildman–Crippen LogP) is 4.29. The summed E-state index contributed by atoms with van der Waals surface area (Å²) in [6, 6.07) is 9.88. The van der Waals surface area contributed by atoms with Crippen molar-refractivity contribution in [2.45, 2.75) is 19.4 Å². The molecule has 0 amide bonds. The molecule has 0 unspecified atom stereocenters. The Balaban J connectivity index is 1.87. The summed E-state index contributed by atoms with van der Waals surface area (Å²) < 4.78 is 17.1. The van der Waals surface area contributed by atoms with Gasteiger partial charge in [0.05, 0.1) is 19.9 Å². The summed E-state index contributed by atoms with van der Waals surface area (Å²) >= 11 is 0. The first-order valence-electron chi connectivity index (χ1n) is 10.7. The van der Waals surface area contributed by atoms with Crippen LogP contribution in [0.1, 0.15) is 25.0 Å². The molecule has 0 saturated carbocycles. The monoisotopic (exact) mass is 447 g/mol. The first-order valence-corrected chi connectivity index (χ1v) is 10.7. The Kier molecular flexibility index (Phi) is 5.96. The normalized spacial score (nSPS) is 13.7. The average molecular weight is 448 g/mol. The number of nitrogens with zero attached hydrogens (tertiary/aromatic N) is 2. The van der Waals surface area contributed by atoms with Gasteiger partial charge in [0.2, 0.25) is 0 Å². The lowest BCUT2D eigenvalue weighted by Crippen LogP contribution is -2.19. The van der Waals surface area contributed by atoms with Gasteiger partial charge in [0.25, 0.3) is 0 Å². The Labute approximate surface area is 194 Å². The van der Waals surface area contributed by atoms with Crippen LogP contribution < -0.4 is 14.2 Å². The van der Waals surface area contributed by atoms with Crippen LogP contribution in [0.2, 0.25) is 0 Å². The van der Waals surface area contributed by atoms with Crippen molar-refractivity contribution >= 4 is 16.6 Å². The molecule has 0 spiro atoms. The number of oxime groups is 1. The minimum atomic E-state index is -0.848. The SMILES string of the molecule is C#CC(C)(C)ON=C1c2cc(OC)c(OC)cc2-c2[nH]c3ccc(OCCN(C)C)cc3c21. The Morgan fingerprint density at radius 1 is 1.06 bits per heavy atom. The molecule has 33 heavy (non-hydrogen) atoms. The van der Waals surface area contributed by atoms with Crippen molar-refractivity contribution in [3.8, 4) is 40.8 Å². The largest absolute Gasteiger partial charge is 0.493 e. The smallest absolute Gasteiger partial charge is 0.191 e. The lowest BCUT2D eigenvalue weighted by molar-refractivity contribution is 0.0323. The van der Waals surface area contributed by atoms with Gasteiger partial charge in [0.15, 0.2) is 17.1 Å². The molecular formula is C26H29N3O4. The number of fused-ring (bicyclic) bond motifs is 5. The van der Waals surface area contributed by atoms with Crippen LogP contribution in [0.3, 0.4) is 0 Å². The molecule has 0 atom stereocenters. The molecule has 3 aromatic rings. The fourth-order valence-electron chi connectivity index (χ4n) is 3.75. The molecule has 0 bridgehead atoms. The molecular weight excluding hydrogens is 418 g/mol. The minimum absolute atomic E-state index is 0.597. The van der Waals surface area contributed by atoms with Crippen LogP contribution in [0.4, 0.5) is 0 Å². The van der Waals surface area contributed by atoms with Crippen molar-refractivity contribution in [1.29, 1.82) is 0 Å². The van der Waals surface area contributed by atoms with Gasteiger partial charge >= 0.3 is 0 Å². The highest BCUT2D eigenvalue weighted by molar-refractivity contribution is 6.30. The number of aromatic nitrogens is 1. The second kappa shape index (κ2) is 8.72. The molecule has 172 valence electrons. The predicted molar refractivity (Wildman–Crippen MR) is 131 cm³/mol. The third-order valence-electron chi connectivity index (χ3n) is 5.57. The molecule has 1 aliphatic rings. The summed E-state index contributed by atoms with van der Waals surface area (Å²) in [4.78, 5) is 11.4. The zero-order valence-electron chi connectivity index (χ0n) is 19.9. The number of ether oxygens (including phenoxy) is 3. The third-order valence-corrected chi connectivity index (χ3v) is 5.57. The van der Waals surface area contributed by atoms with Crippen molar-refractivity contribution in [1.82, 2.24) is 9.88 Å². The van der Waals surface area contributed by atoms with E-state index in [1.165, 1.54) is 0 Å². The Morgan fingerprint density at radius 2 is 1.76 bits per heavy atom. The van der Waals surface area contributed by atoms with E-state index in [0.29, 0.717) is 23.8 Å². The van der Waals surface area contributed by atoms with Gasteiger partial charge in [-0.1, -0.05) is 11.1 Å². The Hall–Kier alpha value is -3.63. The van der Waals surface area contributed by atoms with E-state index in [2.05, 4.69) is 21.0 Å². The minimum Gasteiger partial charge on any atom is -0.493 e. The second-order valence-corrected chi connectivity index (χ2v) is 8.67. The van der Waals surface area contributed by atoms with Crippen molar-refractivity contribution in [2.75, 3.05) is 41.5 Å². The van der Waals surface area contributed by atoms with E-state index in [-0.39, 0.29) is 0 Å². The summed E-state index contributed by atoms with van der Waals surface area (Å²) in [5, 5.41) is 5.52. The number of aromatic amines is 1. The van der Waals surface area contributed by atoms with Crippen LogP contribution in [0.15, 0.2) is 35.5 Å². The van der Waals surface area contributed by atoms with Gasteiger partial charge in [-0.05, 0) is 58.3 Å². The fraction of sp³-hybridized carbons (Fsp3) is 0.346. The van der Waals surface area contributed by atoms with Crippen LogP contribution in [0.25, 0.3) is 22.2 Å². The summed E-state index contributed by atoms with van der Waals surface area (Å²) in [5.41, 5.74) is 4.51. The maximum absolute atomic E-state index is 5.98. The number of likely N-dealkylation sites (N-methyl/N-ethyl adjacent to an activating group) is 1. The molecule has 1 aliphatic carbocycles. The maximum atomic E-state index is 5.98. The highest BCUT2D eigenvalue weighted by Gasteiger charge is 2.32. The average Bonchev–Trinajstić information content (AvgIpc) is 3.30. The van der Waals surface area contributed by atoms with E-state index in [9.17, 15) is 0 Å². The van der Waals surface area contributed by atoms with Crippen LogP contribution in [-0.2, 0) is 4.84 Å². The number of H-pyrrole nitrogens is 1. The summed E-state index contributed by atoms with van der Waals surface area (Å²) in [5.74, 6) is 4.67. The Bertz CT molecular complexity index is 1260. The van der Waals surface area contributed by atoms with Crippen molar-refractivity contribution < 1.29 is 19.0 Å². The molecule has 0 fully saturated rings. The van der Waals surface area contributed by atoms with E-state index in [0.717, 1.165) is 45.6 Å². The molecule has 7 heteroatoms. The highest BCUT2D eigenvalue weighted by atomic mass is 16.6. The van der Waals surface area contributed by atoms with Gasteiger partial charge < -0.3 is 28.9 Å². The van der Waals surface area contributed by atoms with E-state index in [1.54, 1.807) is 28.1 Å². The van der Waals surface area contributed by atoms with E-state index < -0.39 is 5.60 Å². The van der Waals surface area contributed by atoms with Crippen LogP contribution in [0, 0.1) is 12.3 Å². The van der Waals surface area contributed by atoms with Gasteiger partial charge in [-0.2, -0.15) is 0 Å². The van der Waals surface area contributed by atoms with Crippen LogP contribution in [0.5, 0.6) is 17.2 Å². The number of terminal acetylenes is 1. The first-order chi connectivity index (χ1) is 15.8. The Morgan fingerprint density at radius 3 is 2.39 bits per heavy atom. The number of benzene rings is 2. The molecule has 2 aromatic carbocycles. The van der Waals surface area contributed by atoms with Gasteiger partial charge in [-0.3, -0.25) is 0 Å². The zero-order chi connectivity index (χ0) is 23.8. The molecule has 4 rings (SSSR count). The zero-order valence-corrected chi connectivity index (χ0v) is 19.9. The lowest BCUT2D eigenvalue weighted by Gasteiger charge is -2.16. The summed E-state index contributed by atoms with van der Waals surface area (Å²) in [6.45, 7) is 5.03. The quantitative estimate of drug-likeness (QED) is 0.322. The molecule has 1 aromatic heterocycles. The third kappa shape index (κ3) is 4.22. The second-order valence-electron chi connectivity index (χ2n) is 8.67. The number of hydrogen-bond acceptors (Lipinski definition) is 6. The number of nitrogens with one attached hydrogen (secondary N) is 1. The summed E-state index contributed by atoms with van der Waals surface area (Å²) in [6.07, 6.45) is 5.62.